The van der Waals surface area contributed by atoms with Gasteiger partial charge in [-0.15, -0.1) is 0 Å². The first kappa shape index (κ1) is 11.1. The molecule has 3 rings (SSSR count). The van der Waals surface area contributed by atoms with Gasteiger partial charge >= 0.3 is 0 Å². The number of nitrogens with one attached hydrogen (secondary N) is 1. The molecule has 1 N–H and O–H groups in total. The van der Waals surface area contributed by atoms with Gasteiger partial charge < -0.3 is 5.32 Å². The minimum Gasteiger partial charge on any atom is -0.311 e. The molecule has 92 valence electrons. The number of rotatable bonds is 5. The molecule has 0 radical (unpaired) electrons. The summed E-state index contributed by atoms with van der Waals surface area (Å²) in [5.41, 5.74) is 0. The minimum atomic E-state index is 0.784. The van der Waals surface area contributed by atoms with Gasteiger partial charge in [-0.1, -0.05) is 19.3 Å². The van der Waals surface area contributed by atoms with E-state index in [1.54, 1.807) is 0 Å². The van der Waals surface area contributed by atoms with E-state index >= 15 is 0 Å². The summed E-state index contributed by atoms with van der Waals surface area (Å²) >= 11 is 0. The van der Waals surface area contributed by atoms with E-state index in [-0.39, 0.29) is 0 Å². The molecule has 0 heterocycles. The number of hydrogen-bond donors (Lipinski definition) is 1. The van der Waals surface area contributed by atoms with E-state index in [0.29, 0.717) is 0 Å². The summed E-state index contributed by atoms with van der Waals surface area (Å²) in [6.45, 7) is 2.45. The molecule has 0 aliphatic heterocycles. The van der Waals surface area contributed by atoms with E-state index in [2.05, 4.69) is 12.2 Å². The molecular formula is C15H27N. The highest BCUT2D eigenvalue weighted by Crippen LogP contribution is 2.45. The van der Waals surface area contributed by atoms with E-state index in [1.807, 2.05) is 0 Å². The highest BCUT2D eigenvalue weighted by Gasteiger charge is 2.42. The molecular weight excluding hydrogens is 194 g/mol. The summed E-state index contributed by atoms with van der Waals surface area (Å²) in [6.07, 6.45) is 13.4. The molecule has 16 heavy (non-hydrogen) atoms. The second-order valence-electron chi connectivity index (χ2n) is 6.55. The first-order valence-corrected chi connectivity index (χ1v) is 7.60. The third-order valence-electron chi connectivity index (χ3n) is 5.07. The summed E-state index contributed by atoms with van der Waals surface area (Å²) < 4.78 is 0. The van der Waals surface area contributed by atoms with Crippen LogP contribution >= 0.6 is 0 Å². The van der Waals surface area contributed by atoms with Crippen LogP contribution in [0.1, 0.15) is 64.7 Å². The van der Waals surface area contributed by atoms with Crippen molar-refractivity contribution in [2.45, 2.75) is 76.8 Å². The first-order chi connectivity index (χ1) is 7.84. The minimum absolute atomic E-state index is 0.784. The molecule has 3 saturated carbocycles. The Morgan fingerprint density at radius 3 is 1.81 bits per heavy atom. The Hall–Kier alpha value is -0.0400. The van der Waals surface area contributed by atoms with Gasteiger partial charge in [0.15, 0.2) is 0 Å². The van der Waals surface area contributed by atoms with Crippen LogP contribution in [0.15, 0.2) is 0 Å². The summed E-state index contributed by atoms with van der Waals surface area (Å²) in [6, 6.07) is 1.68. The molecule has 0 spiro atoms. The van der Waals surface area contributed by atoms with E-state index < -0.39 is 0 Å². The molecule has 0 bridgehead atoms. The van der Waals surface area contributed by atoms with Crippen molar-refractivity contribution in [3.63, 3.8) is 0 Å². The zero-order chi connectivity index (χ0) is 11.0. The van der Waals surface area contributed by atoms with Gasteiger partial charge in [-0.2, -0.15) is 0 Å². The zero-order valence-electron chi connectivity index (χ0n) is 10.8. The lowest BCUT2D eigenvalue weighted by atomic mass is 9.84. The van der Waals surface area contributed by atoms with Gasteiger partial charge in [0.25, 0.3) is 0 Å². The van der Waals surface area contributed by atoms with Gasteiger partial charge in [0, 0.05) is 12.1 Å². The summed E-state index contributed by atoms with van der Waals surface area (Å²) in [5, 5.41) is 4.01. The van der Waals surface area contributed by atoms with Crippen LogP contribution in [-0.4, -0.2) is 12.1 Å². The maximum atomic E-state index is 4.01. The first-order valence-electron chi connectivity index (χ1n) is 7.60. The van der Waals surface area contributed by atoms with E-state index in [0.717, 1.165) is 29.8 Å². The van der Waals surface area contributed by atoms with E-state index in [9.17, 15) is 0 Å². The van der Waals surface area contributed by atoms with Crippen molar-refractivity contribution in [1.29, 1.82) is 0 Å². The van der Waals surface area contributed by atoms with Crippen molar-refractivity contribution < 1.29 is 0 Å². The molecule has 0 unspecified atom stereocenters. The normalized spacial score (nSPS) is 29.6. The predicted molar refractivity (Wildman–Crippen MR) is 68.4 cm³/mol. The van der Waals surface area contributed by atoms with Crippen molar-refractivity contribution in [2.24, 2.45) is 17.8 Å². The Bertz CT molecular complexity index is 212. The second-order valence-corrected chi connectivity index (χ2v) is 6.55. The average molecular weight is 221 g/mol. The molecule has 3 fully saturated rings. The predicted octanol–water partition coefficient (Wildman–Crippen LogP) is 3.73. The highest BCUT2D eigenvalue weighted by molar-refractivity contribution is 4.97. The number of hydrogen-bond acceptors (Lipinski definition) is 1. The van der Waals surface area contributed by atoms with Crippen LogP contribution in [0, 0.1) is 17.8 Å². The summed E-state index contributed by atoms with van der Waals surface area (Å²) in [5.74, 6) is 3.09. The molecule has 0 aromatic heterocycles. The molecule has 3 aliphatic carbocycles. The van der Waals surface area contributed by atoms with Gasteiger partial charge in [0.1, 0.15) is 0 Å². The van der Waals surface area contributed by atoms with Crippen LogP contribution in [0.25, 0.3) is 0 Å². The molecule has 1 atom stereocenters. The van der Waals surface area contributed by atoms with Crippen molar-refractivity contribution in [2.75, 3.05) is 0 Å². The van der Waals surface area contributed by atoms with Crippen LogP contribution in [0.2, 0.25) is 0 Å². The van der Waals surface area contributed by atoms with E-state index in [4.69, 9.17) is 0 Å². The summed E-state index contributed by atoms with van der Waals surface area (Å²) in [7, 11) is 0. The Morgan fingerprint density at radius 1 is 0.750 bits per heavy atom. The maximum absolute atomic E-state index is 4.01. The van der Waals surface area contributed by atoms with Crippen molar-refractivity contribution in [1.82, 2.24) is 5.32 Å². The van der Waals surface area contributed by atoms with Crippen LogP contribution in [0.3, 0.4) is 0 Å². The second kappa shape index (κ2) is 4.68. The molecule has 0 aromatic carbocycles. The lowest BCUT2D eigenvalue weighted by molar-refractivity contribution is 0.247. The monoisotopic (exact) mass is 221 g/mol. The van der Waals surface area contributed by atoms with E-state index in [1.165, 1.54) is 57.8 Å². The maximum Gasteiger partial charge on any atom is 0.0126 e. The molecule has 3 aliphatic rings. The van der Waals surface area contributed by atoms with Gasteiger partial charge in [-0.25, -0.2) is 0 Å². The van der Waals surface area contributed by atoms with Crippen molar-refractivity contribution in [3.8, 4) is 0 Å². The third kappa shape index (κ3) is 2.61. The SMILES string of the molecule is C[C@@H](NC(C1CC1)C1CC1)C1CCCCC1. The largest absolute Gasteiger partial charge is 0.311 e. The molecule has 0 saturated heterocycles. The quantitative estimate of drug-likeness (QED) is 0.746. The lowest BCUT2D eigenvalue weighted by Gasteiger charge is -2.32. The average Bonchev–Trinajstić information content (AvgIpc) is 3.19. The van der Waals surface area contributed by atoms with Crippen LogP contribution in [0.4, 0.5) is 0 Å². The van der Waals surface area contributed by atoms with Crippen LogP contribution in [-0.2, 0) is 0 Å². The molecule has 1 nitrogen and oxygen atoms in total. The Morgan fingerprint density at radius 2 is 1.31 bits per heavy atom. The van der Waals surface area contributed by atoms with Crippen molar-refractivity contribution in [3.05, 3.63) is 0 Å². The van der Waals surface area contributed by atoms with Crippen molar-refractivity contribution >= 4 is 0 Å². The molecule has 0 amide bonds. The zero-order valence-corrected chi connectivity index (χ0v) is 10.8. The fourth-order valence-corrected chi connectivity index (χ4v) is 3.64. The fourth-order valence-electron chi connectivity index (χ4n) is 3.64. The van der Waals surface area contributed by atoms with Gasteiger partial charge in [-0.05, 0) is 63.2 Å². The fraction of sp³-hybridized carbons (Fsp3) is 1.00. The Kier molecular flexibility index (Phi) is 3.24. The molecule has 0 aromatic rings. The Labute approximate surface area is 100 Å². The van der Waals surface area contributed by atoms with Gasteiger partial charge in [0.05, 0.1) is 0 Å². The third-order valence-corrected chi connectivity index (χ3v) is 5.07. The smallest absolute Gasteiger partial charge is 0.0126 e. The molecule has 1 heteroatoms. The standard InChI is InChI=1S/C15H27N/c1-11(12-5-3-2-4-6-12)16-15(13-7-8-13)14-9-10-14/h11-16H,2-10H2,1H3/t11-/m1/s1. The Balaban J connectivity index is 1.51. The topological polar surface area (TPSA) is 12.0 Å². The lowest BCUT2D eigenvalue weighted by Crippen LogP contribution is -2.43. The summed E-state index contributed by atoms with van der Waals surface area (Å²) in [4.78, 5) is 0. The van der Waals surface area contributed by atoms with Gasteiger partial charge in [0.2, 0.25) is 0 Å². The highest BCUT2D eigenvalue weighted by atomic mass is 15.0. The van der Waals surface area contributed by atoms with Gasteiger partial charge in [-0.3, -0.25) is 0 Å². The van der Waals surface area contributed by atoms with Crippen LogP contribution in [0.5, 0.6) is 0 Å². The van der Waals surface area contributed by atoms with Crippen LogP contribution < -0.4 is 5.32 Å².